The van der Waals surface area contributed by atoms with Gasteiger partial charge in [-0.15, -0.1) is 15.3 Å². The third-order valence-corrected chi connectivity index (χ3v) is 13.7. The van der Waals surface area contributed by atoms with Crippen LogP contribution in [0.3, 0.4) is 0 Å². The monoisotopic (exact) mass is 748 g/mol. The first-order chi connectivity index (χ1) is 19.2. The second-order valence-corrected chi connectivity index (χ2v) is 16.2. The predicted octanol–water partition coefficient (Wildman–Crippen LogP) is 4.65. The maximum atomic E-state index is 15.0. The van der Waals surface area contributed by atoms with Crippen molar-refractivity contribution in [3.05, 3.63) is 0 Å². The lowest BCUT2D eigenvalue weighted by Gasteiger charge is -2.44. The minimum absolute atomic E-state index is 0. The summed E-state index contributed by atoms with van der Waals surface area (Å²) in [6.45, 7) is -9.69. The van der Waals surface area contributed by atoms with Crippen LogP contribution in [0.2, 0.25) is 0 Å². The lowest BCUT2D eigenvalue weighted by molar-refractivity contribution is -0.548. The summed E-state index contributed by atoms with van der Waals surface area (Å²) in [5, 5.41) is -1.48. The molecule has 9 nitrogen and oxygen atoms in total. The summed E-state index contributed by atoms with van der Waals surface area (Å²) >= 11 is 0. The topological polar surface area (TPSA) is 122 Å². The highest BCUT2D eigenvalue weighted by Crippen LogP contribution is 2.64. The predicted molar refractivity (Wildman–Crippen MR) is 115 cm³/mol. The molecule has 0 amide bonds. The van der Waals surface area contributed by atoms with Gasteiger partial charge >= 0.3 is 69.5 Å². The van der Waals surface area contributed by atoms with Gasteiger partial charge in [0.25, 0.3) is 0 Å². The molecule has 0 saturated carbocycles. The van der Waals surface area contributed by atoms with Crippen LogP contribution in [0.4, 0.5) is 74.6 Å². The third kappa shape index (κ3) is 6.65. The fraction of sp³-hybridized carbons (Fsp3) is 1.00. The smallest absolute Gasteiger partial charge is 0.473 e. The van der Waals surface area contributed by atoms with E-state index in [0.29, 0.717) is 0 Å². The standard InChI is InChI=1S/C17H21F17N4O4PS.H2O/c1-9(18,19)11(22,23)12(24,10(2,20)21)41-15(29,30)13(25,14(26,27)28)42-16(31,32)17(33,34)44(39,40)43-35-3-6-38(7-4-36-43)8-5-37-43;/h35-37H,3-8H2,1-2H3;1H2/q+1;/p-1. The molecule has 0 radical (unpaired) electrons. The molecule has 4 N–H and O–H groups in total. The number of halogens is 17. The number of alkyl halides is 17. The Hall–Kier alpha value is -1.09. The summed E-state index contributed by atoms with van der Waals surface area (Å²) in [5.41, 5.74) is 0. The average Bonchev–Trinajstić information content (AvgIpc) is 2.74. The summed E-state index contributed by atoms with van der Waals surface area (Å²) in [4.78, 5) is 1.58. The Labute approximate surface area is 241 Å². The van der Waals surface area contributed by atoms with E-state index in [0.717, 1.165) is 0 Å². The number of ether oxygens (including phenoxy) is 2. The van der Waals surface area contributed by atoms with Gasteiger partial charge < -0.3 is 5.48 Å². The molecule has 0 aromatic carbocycles. The summed E-state index contributed by atoms with van der Waals surface area (Å²) in [6, 6.07) is 0. The van der Waals surface area contributed by atoms with Crippen molar-refractivity contribution in [2.75, 3.05) is 39.3 Å². The molecule has 28 heteroatoms. The van der Waals surface area contributed by atoms with Crippen LogP contribution in [0.15, 0.2) is 0 Å². The lowest BCUT2D eigenvalue weighted by Crippen LogP contribution is -2.71. The second-order valence-electron chi connectivity index (χ2n) is 9.44. The van der Waals surface area contributed by atoms with Crippen molar-refractivity contribution in [3.63, 3.8) is 0 Å². The van der Waals surface area contributed by atoms with Crippen LogP contribution in [-0.2, 0) is 18.9 Å². The van der Waals surface area contributed by atoms with Crippen LogP contribution in [0.25, 0.3) is 0 Å². The van der Waals surface area contributed by atoms with E-state index in [-0.39, 0.29) is 25.1 Å². The van der Waals surface area contributed by atoms with Crippen molar-refractivity contribution >= 4 is 16.4 Å². The van der Waals surface area contributed by atoms with E-state index >= 15 is 0 Å². The van der Waals surface area contributed by atoms with Crippen LogP contribution in [0.5, 0.6) is 0 Å². The zero-order chi connectivity index (χ0) is 34.9. The van der Waals surface area contributed by atoms with E-state index in [2.05, 4.69) is 0 Å². The zero-order valence-corrected chi connectivity index (χ0v) is 23.8. The van der Waals surface area contributed by atoms with E-state index in [1.165, 1.54) is 0 Å². The van der Waals surface area contributed by atoms with Crippen LogP contribution >= 0.6 is 6.92 Å². The average molecular weight is 748 g/mol. The SMILES string of the molecule is CC(F)(F)C(F)(F)C(F)(OC(F)(F)C(F)(OC(F)(F)C(F)(F)S(=O)(=O)[P+]12NCCN(CCN1)CCN2)C(F)(F)F)C(C)(F)F.[OH-]. The summed E-state index contributed by atoms with van der Waals surface area (Å²) in [7, 11) is -7.10. The van der Waals surface area contributed by atoms with Gasteiger partial charge in [-0.2, -0.15) is 74.3 Å². The van der Waals surface area contributed by atoms with Gasteiger partial charge in [0.15, 0.2) is 0 Å². The van der Waals surface area contributed by atoms with Crippen molar-refractivity contribution in [1.29, 1.82) is 0 Å². The van der Waals surface area contributed by atoms with Crippen LogP contribution in [-0.4, -0.2) is 111 Å². The summed E-state index contributed by atoms with van der Waals surface area (Å²) < 4.78 is 268. The Morgan fingerprint density at radius 1 is 0.600 bits per heavy atom. The first kappa shape index (κ1) is 41.9. The molecule has 0 aromatic rings. The lowest BCUT2D eigenvalue weighted by atomic mass is 9.98. The normalized spacial score (nSPS) is 26.2. The summed E-state index contributed by atoms with van der Waals surface area (Å²) in [6.07, 6.45) is -23.7. The number of rotatable bonds is 11. The summed E-state index contributed by atoms with van der Waals surface area (Å²) in [5.74, 6) is -35.6. The highest BCUT2D eigenvalue weighted by Gasteiger charge is 2.88. The molecule has 3 aliphatic rings. The number of hydrogen-bond donors (Lipinski definition) is 3. The molecule has 270 valence electrons. The number of hydrogen-bond acceptors (Lipinski definition) is 9. The Morgan fingerprint density at radius 3 is 1.27 bits per heavy atom. The van der Waals surface area contributed by atoms with Gasteiger partial charge in [-0.1, -0.05) is 0 Å². The second kappa shape index (κ2) is 12.1. The van der Waals surface area contributed by atoms with Crippen LogP contribution in [0, 0.1) is 0 Å². The van der Waals surface area contributed by atoms with Crippen molar-refractivity contribution in [1.82, 2.24) is 20.2 Å². The maximum Gasteiger partial charge on any atom is 0.473 e. The van der Waals surface area contributed by atoms with E-state index < -0.39 is 103 Å². The van der Waals surface area contributed by atoms with Crippen molar-refractivity contribution in [3.8, 4) is 0 Å². The number of nitrogens with zero attached hydrogens (tertiary/aromatic N) is 1. The first-order valence-corrected chi connectivity index (χ1v) is 15.3. The molecule has 2 unspecified atom stereocenters. The molecular weight excluding hydrogens is 726 g/mol. The molecule has 3 rings (SSSR count). The molecule has 3 aliphatic heterocycles. The van der Waals surface area contributed by atoms with Gasteiger partial charge in [0.2, 0.25) is 0 Å². The zero-order valence-electron chi connectivity index (χ0n) is 22.1. The van der Waals surface area contributed by atoms with Gasteiger partial charge in [0.05, 0.1) is 0 Å². The fourth-order valence-electron chi connectivity index (χ4n) is 3.65. The molecule has 3 heterocycles. The van der Waals surface area contributed by atoms with Crippen molar-refractivity contribution < 1.29 is 98.0 Å². The molecule has 3 fully saturated rings. The van der Waals surface area contributed by atoms with Gasteiger partial charge in [0.1, 0.15) is 0 Å². The van der Waals surface area contributed by atoms with Gasteiger partial charge in [-0.3, -0.25) is 14.4 Å². The van der Waals surface area contributed by atoms with Crippen LogP contribution in [0.1, 0.15) is 13.8 Å². The Morgan fingerprint density at radius 2 is 0.956 bits per heavy atom. The maximum absolute atomic E-state index is 15.0. The van der Waals surface area contributed by atoms with Crippen LogP contribution < -0.4 is 15.3 Å². The van der Waals surface area contributed by atoms with Gasteiger partial charge in [-0.05, 0) is 0 Å². The third-order valence-electron chi connectivity index (χ3n) is 6.11. The molecule has 2 bridgehead atoms. The van der Waals surface area contributed by atoms with Gasteiger partial charge in [0, 0.05) is 53.1 Å². The van der Waals surface area contributed by atoms with Crippen molar-refractivity contribution in [2.24, 2.45) is 0 Å². The highest BCUT2D eigenvalue weighted by molar-refractivity contribution is 8.55. The van der Waals surface area contributed by atoms with E-state index in [1.807, 2.05) is 24.7 Å². The molecule has 0 aliphatic carbocycles. The van der Waals surface area contributed by atoms with Crippen molar-refractivity contribution in [2.45, 2.75) is 67.0 Å². The molecule has 0 aromatic heterocycles. The minimum Gasteiger partial charge on any atom is -0.870 e. The number of nitrogens with one attached hydrogen (secondary N) is 3. The van der Waals surface area contributed by atoms with E-state index in [4.69, 9.17) is 0 Å². The number of fused-ring (bicyclic) bond motifs is 6. The molecule has 45 heavy (non-hydrogen) atoms. The van der Waals surface area contributed by atoms with E-state index in [9.17, 15) is 83.1 Å². The van der Waals surface area contributed by atoms with Gasteiger partial charge in [-0.25, -0.2) is 8.78 Å². The first-order valence-electron chi connectivity index (χ1n) is 11.4. The largest absolute Gasteiger partial charge is 0.870 e. The molecule has 0 spiro atoms. The fourth-order valence-corrected chi connectivity index (χ4v) is 10.1. The highest BCUT2D eigenvalue weighted by atomic mass is 32.8. The molecular formula is C17H22F17N4O5PS. The molecule has 3 saturated heterocycles. The Balaban J connectivity index is 0.0000101. The molecule has 2 atom stereocenters. The quantitative estimate of drug-likeness (QED) is 0.205. The minimum atomic E-state index is -8.11. The Kier molecular flexibility index (Phi) is 11.3. The van der Waals surface area contributed by atoms with E-state index in [1.54, 1.807) is 4.90 Å². The Bertz CT molecular complexity index is 1140.